The smallest absolute Gasteiger partial charge is 0.164 e. The van der Waals surface area contributed by atoms with Crippen molar-refractivity contribution in [2.75, 3.05) is 17.2 Å². The van der Waals surface area contributed by atoms with Gasteiger partial charge >= 0.3 is 0 Å². The SMILES string of the molecule is CCC(CO)Nc1cc(NCc2ccccc2)c2ncn(CC)c2n1. The maximum Gasteiger partial charge on any atom is 0.164 e. The Morgan fingerprint density at radius 2 is 2.00 bits per heavy atom. The molecule has 1 aromatic carbocycles. The van der Waals surface area contributed by atoms with Gasteiger partial charge < -0.3 is 20.3 Å². The van der Waals surface area contributed by atoms with Gasteiger partial charge in [-0.15, -0.1) is 0 Å². The first-order valence-corrected chi connectivity index (χ1v) is 8.76. The van der Waals surface area contributed by atoms with Crippen LogP contribution in [0.1, 0.15) is 25.8 Å². The van der Waals surface area contributed by atoms with Gasteiger partial charge in [0.05, 0.1) is 24.7 Å². The predicted octanol–water partition coefficient (Wildman–Crippen LogP) is 3.25. The Kier molecular flexibility index (Phi) is 5.50. The van der Waals surface area contributed by atoms with E-state index in [4.69, 9.17) is 4.98 Å². The summed E-state index contributed by atoms with van der Waals surface area (Å²) in [6, 6.07) is 12.2. The van der Waals surface area contributed by atoms with Gasteiger partial charge in [0.25, 0.3) is 0 Å². The number of aliphatic hydroxyl groups is 1. The lowest BCUT2D eigenvalue weighted by Crippen LogP contribution is -2.23. The number of fused-ring (bicyclic) bond motifs is 1. The first-order chi connectivity index (χ1) is 12.2. The number of hydrogen-bond donors (Lipinski definition) is 3. The summed E-state index contributed by atoms with van der Waals surface area (Å²) in [7, 11) is 0. The van der Waals surface area contributed by atoms with E-state index in [-0.39, 0.29) is 12.6 Å². The van der Waals surface area contributed by atoms with Crippen LogP contribution in [0.5, 0.6) is 0 Å². The molecule has 6 heteroatoms. The summed E-state index contributed by atoms with van der Waals surface area (Å²) in [5.74, 6) is 0.749. The van der Waals surface area contributed by atoms with Gasteiger partial charge in [-0.05, 0) is 18.9 Å². The number of aliphatic hydroxyl groups excluding tert-OH is 1. The molecule has 3 N–H and O–H groups in total. The van der Waals surface area contributed by atoms with Crippen LogP contribution >= 0.6 is 0 Å². The van der Waals surface area contributed by atoms with Gasteiger partial charge in [-0.2, -0.15) is 0 Å². The molecular formula is C19H25N5O. The molecule has 3 rings (SSSR count). The normalized spacial score (nSPS) is 12.3. The van der Waals surface area contributed by atoms with Gasteiger partial charge in [-0.3, -0.25) is 0 Å². The Balaban J connectivity index is 1.92. The predicted molar refractivity (Wildman–Crippen MR) is 102 cm³/mol. The zero-order chi connectivity index (χ0) is 17.6. The lowest BCUT2D eigenvalue weighted by atomic mass is 10.2. The maximum absolute atomic E-state index is 9.46. The van der Waals surface area contributed by atoms with Crippen molar-refractivity contribution in [2.45, 2.75) is 39.4 Å². The average molecular weight is 339 g/mol. The Morgan fingerprint density at radius 1 is 1.20 bits per heavy atom. The Hall–Kier alpha value is -2.60. The number of aryl methyl sites for hydroxylation is 1. The highest BCUT2D eigenvalue weighted by Crippen LogP contribution is 2.25. The molecule has 6 nitrogen and oxygen atoms in total. The van der Waals surface area contributed by atoms with E-state index >= 15 is 0 Å². The number of hydrogen-bond acceptors (Lipinski definition) is 5. The van der Waals surface area contributed by atoms with Crippen molar-refractivity contribution in [1.29, 1.82) is 0 Å². The van der Waals surface area contributed by atoms with Gasteiger partial charge in [-0.25, -0.2) is 9.97 Å². The molecule has 0 spiro atoms. The number of nitrogens with zero attached hydrogens (tertiary/aromatic N) is 3. The molecule has 0 amide bonds. The zero-order valence-corrected chi connectivity index (χ0v) is 14.7. The van der Waals surface area contributed by atoms with Gasteiger partial charge in [0.1, 0.15) is 11.3 Å². The minimum absolute atomic E-state index is 0.00933. The fourth-order valence-electron chi connectivity index (χ4n) is 2.75. The van der Waals surface area contributed by atoms with Crippen molar-refractivity contribution in [3.8, 4) is 0 Å². The number of anilines is 2. The molecule has 0 radical (unpaired) electrons. The minimum Gasteiger partial charge on any atom is -0.394 e. The van der Waals surface area contributed by atoms with Crippen molar-refractivity contribution in [2.24, 2.45) is 0 Å². The molecule has 3 aromatic rings. The summed E-state index contributed by atoms with van der Waals surface area (Å²) in [6.07, 6.45) is 2.65. The summed E-state index contributed by atoms with van der Waals surface area (Å²) in [4.78, 5) is 9.22. The quantitative estimate of drug-likeness (QED) is 0.587. The zero-order valence-electron chi connectivity index (χ0n) is 14.7. The topological polar surface area (TPSA) is 75.0 Å². The second-order valence-corrected chi connectivity index (χ2v) is 6.03. The number of nitrogens with one attached hydrogen (secondary N) is 2. The first kappa shape index (κ1) is 17.2. The van der Waals surface area contributed by atoms with Crippen LogP contribution in [-0.4, -0.2) is 32.3 Å². The van der Waals surface area contributed by atoms with E-state index in [9.17, 15) is 5.11 Å². The van der Waals surface area contributed by atoms with E-state index in [1.54, 1.807) is 0 Å². The second kappa shape index (κ2) is 7.98. The highest BCUT2D eigenvalue weighted by atomic mass is 16.3. The highest BCUT2D eigenvalue weighted by Gasteiger charge is 2.13. The van der Waals surface area contributed by atoms with Crippen molar-refractivity contribution < 1.29 is 5.11 Å². The van der Waals surface area contributed by atoms with Crippen LogP contribution in [0, 0.1) is 0 Å². The van der Waals surface area contributed by atoms with Crippen LogP contribution < -0.4 is 10.6 Å². The van der Waals surface area contributed by atoms with Crippen LogP contribution in [0.3, 0.4) is 0 Å². The molecule has 132 valence electrons. The molecule has 2 heterocycles. The molecule has 25 heavy (non-hydrogen) atoms. The summed E-state index contributed by atoms with van der Waals surface area (Å²) in [6.45, 7) is 5.72. The Labute approximate surface area is 147 Å². The lowest BCUT2D eigenvalue weighted by Gasteiger charge is -2.16. The lowest BCUT2D eigenvalue weighted by molar-refractivity contribution is 0.271. The molecule has 1 unspecified atom stereocenters. The fourth-order valence-corrected chi connectivity index (χ4v) is 2.75. The third-order valence-corrected chi connectivity index (χ3v) is 4.30. The van der Waals surface area contributed by atoms with E-state index in [1.165, 1.54) is 5.56 Å². The Morgan fingerprint density at radius 3 is 2.68 bits per heavy atom. The van der Waals surface area contributed by atoms with Crippen LogP contribution in [0.2, 0.25) is 0 Å². The molecule has 2 aromatic heterocycles. The van der Waals surface area contributed by atoms with Crippen molar-refractivity contribution in [3.63, 3.8) is 0 Å². The maximum atomic E-state index is 9.46. The van der Waals surface area contributed by atoms with E-state index in [0.717, 1.165) is 42.2 Å². The summed E-state index contributed by atoms with van der Waals surface area (Å²) in [5.41, 5.74) is 3.85. The monoisotopic (exact) mass is 339 g/mol. The van der Waals surface area contributed by atoms with Crippen LogP contribution in [0.15, 0.2) is 42.7 Å². The molecule has 0 aliphatic rings. The number of aromatic nitrogens is 3. The molecular weight excluding hydrogens is 314 g/mol. The highest BCUT2D eigenvalue weighted by molar-refractivity contribution is 5.88. The molecule has 0 aliphatic carbocycles. The average Bonchev–Trinajstić information content (AvgIpc) is 3.08. The van der Waals surface area contributed by atoms with E-state index in [0.29, 0.717) is 0 Å². The number of benzene rings is 1. The van der Waals surface area contributed by atoms with Crippen molar-refractivity contribution in [3.05, 3.63) is 48.3 Å². The Bertz CT molecular complexity index is 811. The van der Waals surface area contributed by atoms with E-state index in [2.05, 4.69) is 34.7 Å². The van der Waals surface area contributed by atoms with Gasteiger partial charge in [0.15, 0.2) is 5.65 Å². The summed E-state index contributed by atoms with van der Waals surface area (Å²) < 4.78 is 2.02. The van der Waals surface area contributed by atoms with Gasteiger partial charge in [0, 0.05) is 19.2 Å². The van der Waals surface area contributed by atoms with E-state index in [1.807, 2.05) is 42.1 Å². The molecule has 0 saturated carbocycles. The van der Waals surface area contributed by atoms with E-state index < -0.39 is 0 Å². The number of imidazole rings is 1. The summed E-state index contributed by atoms with van der Waals surface area (Å²) >= 11 is 0. The third kappa shape index (κ3) is 3.91. The van der Waals surface area contributed by atoms with Crippen molar-refractivity contribution >= 4 is 22.7 Å². The number of pyridine rings is 1. The largest absolute Gasteiger partial charge is 0.394 e. The van der Waals surface area contributed by atoms with Crippen molar-refractivity contribution in [1.82, 2.24) is 14.5 Å². The number of rotatable bonds is 8. The van der Waals surface area contributed by atoms with Gasteiger partial charge in [-0.1, -0.05) is 37.3 Å². The van der Waals surface area contributed by atoms with Gasteiger partial charge in [0.2, 0.25) is 0 Å². The fraction of sp³-hybridized carbons (Fsp3) is 0.368. The third-order valence-electron chi connectivity index (χ3n) is 4.30. The molecule has 1 atom stereocenters. The second-order valence-electron chi connectivity index (χ2n) is 6.03. The molecule has 0 saturated heterocycles. The standard InChI is InChI=1S/C19H25N5O/c1-3-15(12-25)22-17-10-16(20-11-14-8-6-5-7-9-14)18-19(23-17)24(4-2)13-21-18/h5-10,13,15,25H,3-4,11-12H2,1-2H3,(H2,20,22,23). The van der Waals surface area contributed by atoms with Crippen LogP contribution in [-0.2, 0) is 13.1 Å². The summed E-state index contributed by atoms with van der Waals surface area (Å²) in [5, 5.41) is 16.2. The van der Waals surface area contributed by atoms with Crippen LogP contribution in [0.4, 0.5) is 11.5 Å². The first-order valence-electron chi connectivity index (χ1n) is 8.76. The van der Waals surface area contributed by atoms with Crippen LogP contribution in [0.25, 0.3) is 11.2 Å². The molecule has 0 fully saturated rings. The molecule has 0 aliphatic heterocycles. The minimum atomic E-state index is -0.00933. The molecule has 0 bridgehead atoms.